The molecule has 1 aliphatic heterocycles. The molecule has 8 heteroatoms. The van der Waals surface area contributed by atoms with Crippen LogP contribution in [0.25, 0.3) is 0 Å². The number of ether oxygens (including phenoxy) is 4. The van der Waals surface area contributed by atoms with Gasteiger partial charge < -0.3 is 24.1 Å². The van der Waals surface area contributed by atoms with Gasteiger partial charge in [-0.1, -0.05) is 25.7 Å². The van der Waals surface area contributed by atoms with E-state index in [0.717, 1.165) is 5.19 Å². The normalized spacial score (nSPS) is 21.9. The molecule has 0 saturated heterocycles. The Balaban J connectivity index is 2.36. The summed E-state index contributed by atoms with van der Waals surface area (Å²) in [7, 11) is -0.135. The van der Waals surface area contributed by atoms with E-state index in [1.807, 2.05) is 0 Å². The van der Waals surface area contributed by atoms with E-state index in [1.165, 1.54) is 13.8 Å². The Morgan fingerprint density at radius 1 is 1.14 bits per heavy atom. The first-order valence-electron chi connectivity index (χ1n) is 9.08. The summed E-state index contributed by atoms with van der Waals surface area (Å²) in [6, 6.07) is 3.50. The Bertz CT molecular complexity index is 767. The van der Waals surface area contributed by atoms with Crippen LogP contribution in [0.1, 0.15) is 25.5 Å². The zero-order valence-corrected chi connectivity index (χ0v) is 18.1. The van der Waals surface area contributed by atoms with Crippen LogP contribution in [-0.2, 0) is 23.8 Å². The highest BCUT2D eigenvalue weighted by Crippen LogP contribution is 2.35. The van der Waals surface area contributed by atoms with Gasteiger partial charge in [0.2, 0.25) is 0 Å². The molecule has 0 aliphatic carbocycles. The highest BCUT2D eigenvalue weighted by Gasteiger charge is 2.33. The highest BCUT2D eigenvalue weighted by atomic mass is 28.3. The molecule has 0 fully saturated rings. The van der Waals surface area contributed by atoms with Crippen molar-refractivity contribution in [2.24, 2.45) is 0 Å². The molecule has 7 nitrogen and oxygen atoms in total. The molecule has 28 heavy (non-hydrogen) atoms. The third-order valence-electron chi connectivity index (χ3n) is 4.38. The van der Waals surface area contributed by atoms with E-state index < -0.39 is 38.3 Å². The maximum Gasteiger partial charge on any atom is 0.303 e. The number of carbonyl (C=O) groups is 2. The van der Waals surface area contributed by atoms with Crippen LogP contribution in [0.2, 0.25) is 19.6 Å². The molecular formula is C20H28O7Si. The molecule has 2 rings (SSSR count). The van der Waals surface area contributed by atoms with E-state index in [4.69, 9.17) is 18.9 Å². The van der Waals surface area contributed by atoms with Crippen LogP contribution in [0.5, 0.6) is 11.5 Å². The summed E-state index contributed by atoms with van der Waals surface area (Å²) in [5.74, 6) is -0.124. The molecule has 0 unspecified atom stereocenters. The predicted octanol–water partition coefficient (Wildman–Crippen LogP) is 2.44. The summed E-state index contributed by atoms with van der Waals surface area (Å²) < 4.78 is 21.8. The van der Waals surface area contributed by atoms with Gasteiger partial charge in [0.05, 0.1) is 15.2 Å². The van der Waals surface area contributed by atoms with Crippen molar-refractivity contribution in [3.63, 3.8) is 0 Å². The standard InChI is InChI=1S/C20H28O7Si/c1-12(21)25-11-19-17(26-13(2)22)8-7-16(27-19)14-9-18(24-3)20(10-15(14)23)28(4,5)6/h7-10,16-17,19,23H,11H2,1-6H3/t16-,17-,19+/m0/s1. The second-order valence-corrected chi connectivity index (χ2v) is 12.8. The fraction of sp³-hybridized carbons (Fsp3) is 0.500. The lowest BCUT2D eigenvalue weighted by atomic mass is 10.0. The minimum Gasteiger partial charge on any atom is -0.508 e. The van der Waals surface area contributed by atoms with Gasteiger partial charge in [-0.3, -0.25) is 9.59 Å². The Morgan fingerprint density at radius 2 is 1.82 bits per heavy atom. The number of hydrogen-bond donors (Lipinski definition) is 1. The van der Waals surface area contributed by atoms with Gasteiger partial charge in [-0.05, 0) is 23.4 Å². The van der Waals surface area contributed by atoms with Crippen molar-refractivity contribution < 1.29 is 33.6 Å². The van der Waals surface area contributed by atoms with Gasteiger partial charge in [0, 0.05) is 19.4 Å². The number of phenols is 1. The molecule has 1 heterocycles. The van der Waals surface area contributed by atoms with Crippen LogP contribution in [0.4, 0.5) is 0 Å². The van der Waals surface area contributed by atoms with Gasteiger partial charge >= 0.3 is 11.9 Å². The van der Waals surface area contributed by atoms with Gasteiger partial charge in [0.1, 0.15) is 36.4 Å². The van der Waals surface area contributed by atoms with Crippen LogP contribution >= 0.6 is 0 Å². The predicted molar refractivity (Wildman–Crippen MR) is 107 cm³/mol. The SMILES string of the molecule is COc1cc([C@@H]2C=C[C@H](OC(C)=O)[C@@H](COC(C)=O)O2)c(O)cc1[Si](C)(C)C. The van der Waals surface area contributed by atoms with Gasteiger partial charge in [0.15, 0.2) is 0 Å². The molecule has 1 N–H and O–H groups in total. The molecule has 0 aromatic heterocycles. The van der Waals surface area contributed by atoms with Crippen molar-refractivity contribution in [2.45, 2.75) is 51.8 Å². The number of carbonyl (C=O) groups excluding carboxylic acids is 2. The number of methoxy groups -OCH3 is 1. The molecule has 0 radical (unpaired) electrons. The molecule has 1 aromatic rings. The lowest BCUT2D eigenvalue weighted by molar-refractivity contribution is -0.163. The lowest BCUT2D eigenvalue weighted by Gasteiger charge is -2.32. The zero-order chi connectivity index (χ0) is 21.1. The summed E-state index contributed by atoms with van der Waals surface area (Å²) in [4.78, 5) is 22.5. The van der Waals surface area contributed by atoms with E-state index >= 15 is 0 Å². The number of hydrogen-bond acceptors (Lipinski definition) is 7. The van der Waals surface area contributed by atoms with E-state index in [0.29, 0.717) is 11.3 Å². The van der Waals surface area contributed by atoms with Crippen molar-refractivity contribution in [1.82, 2.24) is 0 Å². The van der Waals surface area contributed by atoms with Crippen LogP contribution < -0.4 is 9.92 Å². The largest absolute Gasteiger partial charge is 0.508 e. The maximum absolute atomic E-state index is 11.3. The third-order valence-corrected chi connectivity index (χ3v) is 6.39. The van der Waals surface area contributed by atoms with Gasteiger partial charge in [0.25, 0.3) is 0 Å². The zero-order valence-electron chi connectivity index (χ0n) is 17.1. The summed E-state index contributed by atoms with van der Waals surface area (Å²) in [5, 5.41) is 11.6. The molecule has 0 spiro atoms. The van der Waals surface area contributed by atoms with Crippen LogP contribution in [0, 0.1) is 0 Å². The summed E-state index contributed by atoms with van der Waals surface area (Å²) in [5.41, 5.74) is 0.532. The Morgan fingerprint density at radius 3 is 2.36 bits per heavy atom. The minimum atomic E-state index is -1.73. The molecule has 1 aliphatic rings. The number of aromatic hydroxyl groups is 1. The van der Waals surface area contributed by atoms with E-state index in [1.54, 1.807) is 31.4 Å². The van der Waals surface area contributed by atoms with Crippen molar-refractivity contribution in [3.05, 3.63) is 29.8 Å². The second kappa shape index (κ2) is 8.79. The van der Waals surface area contributed by atoms with Crippen LogP contribution in [-0.4, -0.2) is 51.0 Å². The van der Waals surface area contributed by atoms with Crippen LogP contribution in [0.3, 0.4) is 0 Å². The summed E-state index contributed by atoms with van der Waals surface area (Å²) >= 11 is 0. The fourth-order valence-electron chi connectivity index (χ4n) is 3.03. The van der Waals surface area contributed by atoms with Crippen molar-refractivity contribution in [2.75, 3.05) is 13.7 Å². The Hall–Kier alpha value is -2.32. The summed E-state index contributed by atoms with van der Waals surface area (Å²) in [6.07, 6.45) is 1.42. The van der Waals surface area contributed by atoms with Gasteiger partial charge in [-0.15, -0.1) is 0 Å². The van der Waals surface area contributed by atoms with Crippen LogP contribution in [0.15, 0.2) is 24.3 Å². The minimum absolute atomic E-state index is 0.0704. The average molecular weight is 409 g/mol. The maximum atomic E-state index is 11.3. The van der Waals surface area contributed by atoms with E-state index in [-0.39, 0.29) is 12.4 Å². The molecule has 0 saturated carbocycles. The smallest absolute Gasteiger partial charge is 0.303 e. The third kappa shape index (κ3) is 5.36. The number of phenolic OH excluding ortho intramolecular Hbond substituents is 1. The molecule has 3 atom stereocenters. The number of esters is 2. The average Bonchev–Trinajstić information content (AvgIpc) is 2.59. The molecule has 1 aromatic carbocycles. The molecule has 0 amide bonds. The quantitative estimate of drug-likeness (QED) is 0.439. The lowest BCUT2D eigenvalue weighted by Crippen LogP contribution is -2.40. The summed E-state index contributed by atoms with van der Waals surface area (Å²) in [6.45, 7) is 9.02. The first kappa shape index (κ1) is 22.0. The highest BCUT2D eigenvalue weighted by molar-refractivity contribution is 6.89. The van der Waals surface area contributed by atoms with Crippen molar-refractivity contribution in [1.29, 1.82) is 0 Å². The fourth-order valence-corrected chi connectivity index (χ4v) is 4.51. The van der Waals surface area contributed by atoms with Gasteiger partial charge in [-0.2, -0.15) is 0 Å². The Kier molecular flexibility index (Phi) is 6.90. The molecular weight excluding hydrogens is 380 g/mol. The van der Waals surface area contributed by atoms with Gasteiger partial charge in [-0.25, -0.2) is 0 Å². The number of rotatable bonds is 6. The van der Waals surface area contributed by atoms with E-state index in [2.05, 4.69) is 19.6 Å². The number of benzene rings is 1. The topological polar surface area (TPSA) is 91.3 Å². The first-order valence-corrected chi connectivity index (χ1v) is 12.6. The monoisotopic (exact) mass is 408 g/mol. The second-order valence-electron chi connectivity index (χ2n) is 7.72. The first-order chi connectivity index (χ1) is 13.0. The van der Waals surface area contributed by atoms with Crippen molar-refractivity contribution in [3.8, 4) is 11.5 Å². The van der Waals surface area contributed by atoms with E-state index in [9.17, 15) is 14.7 Å². The molecule has 154 valence electrons. The Labute approximate surface area is 166 Å². The van der Waals surface area contributed by atoms with Crippen molar-refractivity contribution >= 4 is 25.2 Å². The molecule has 0 bridgehead atoms.